The van der Waals surface area contributed by atoms with Crippen LogP contribution in [0.5, 0.6) is 0 Å². The summed E-state index contributed by atoms with van der Waals surface area (Å²) in [6.07, 6.45) is -1.27. The Morgan fingerprint density at radius 2 is 1.34 bits per heavy atom. The number of aliphatic carboxylic acids is 2. The third-order valence-corrected chi connectivity index (χ3v) is 4.18. The number of aliphatic hydroxyl groups is 1. The van der Waals surface area contributed by atoms with Gasteiger partial charge < -0.3 is 42.7 Å². The van der Waals surface area contributed by atoms with Crippen molar-refractivity contribution in [1.82, 2.24) is 16.0 Å². The highest BCUT2D eigenvalue weighted by Crippen LogP contribution is 2.05. The Morgan fingerprint density at radius 1 is 0.844 bits per heavy atom. The van der Waals surface area contributed by atoms with Crippen molar-refractivity contribution >= 4 is 35.6 Å². The molecule has 14 nitrogen and oxygen atoms in total. The molecule has 0 spiro atoms. The summed E-state index contributed by atoms with van der Waals surface area (Å²) in [5.41, 5.74) is 10.8. The lowest BCUT2D eigenvalue weighted by Crippen LogP contribution is -2.58. The van der Waals surface area contributed by atoms with Crippen LogP contribution in [0.15, 0.2) is 0 Å². The average molecular weight is 461 g/mol. The first-order valence-corrected chi connectivity index (χ1v) is 9.78. The van der Waals surface area contributed by atoms with Crippen molar-refractivity contribution in [3.63, 3.8) is 0 Å². The zero-order chi connectivity index (χ0) is 25.0. The fourth-order valence-electron chi connectivity index (χ4n) is 2.56. The number of carboxylic acid groups (broad SMARTS) is 2. The Hall–Kier alpha value is -3.26. The summed E-state index contributed by atoms with van der Waals surface area (Å²) in [5.74, 6) is -6.63. The van der Waals surface area contributed by atoms with Crippen molar-refractivity contribution in [1.29, 1.82) is 0 Å². The smallest absolute Gasteiger partial charge is 0.328 e. The van der Waals surface area contributed by atoms with Gasteiger partial charge in [0.05, 0.1) is 19.1 Å². The Labute approximate surface area is 184 Å². The van der Waals surface area contributed by atoms with Crippen molar-refractivity contribution in [3.8, 4) is 0 Å². The summed E-state index contributed by atoms with van der Waals surface area (Å²) in [6, 6.07) is -5.79. The minimum absolute atomic E-state index is 0.0538. The van der Waals surface area contributed by atoms with Gasteiger partial charge in [0, 0.05) is 6.42 Å². The SMILES string of the molecule is CC(C)CC(N)C(=O)NC(CC(=O)O)C(=O)NC(CCC(N)=O)C(=O)NC(CO)C(=O)O. The van der Waals surface area contributed by atoms with Gasteiger partial charge in [0.25, 0.3) is 0 Å². The van der Waals surface area contributed by atoms with E-state index in [0.29, 0.717) is 0 Å². The lowest BCUT2D eigenvalue weighted by atomic mass is 10.0. The molecule has 0 heterocycles. The Kier molecular flexibility index (Phi) is 12.5. The third-order valence-electron chi connectivity index (χ3n) is 4.18. The molecule has 0 bridgehead atoms. The van der Waals surface area contributed by atoms with Crippen LogP contribution < -0.4 is 27.4 Å². The second-order valence-corrected chi connectivity index (χ2v) is 7.54. The van der Waals surface area contributed by atoms with Gasteiger partial charge in [-0.05, 0) is 18.8 Å². The number of carboxylic acids is 2. The molecular weight excluding hydrogens is 430 g/mol. The van der Waals surface area contributed by atoms with E-state index in [-0.39, 0.29) is 25.2 Å². The fourth-order valence-corrected chi connectivity index (χ4v) is 2.56. The van der Waals surface area contributed by atoms with Gasteiger partial charge in [-0.1, -0.05) is 13.8 Å². The molecule has 0 aliphatic rings. The molecule has 0 aliphatic carbocycles. The number of rotatable bonds is 15. The number of carbonyl (C=O) groups is 6. The molecule has 4 atom stereocenters. The van der Waals surface area contributed by atoms with E-state index < -0.39 is 72.8 Å². The number of hydrogen-bond acceptors (Lipinski definition) is 8. The second-order valence-electron chi connectivity index (χ2n) is 7.54. The summed E-state index contributed by atoms with van der Waals surface area (Å²) in [4.78, 5) is 70.5. The molecule has 4 amide bonds. The second kappa shape index (κ2) is 13.9. The van der Waals surface area contributed by atoms with E-state index in [1.54, 1.807) is 0 Å². The number of carbonyl (C=O) groups excluding carboxylic acids is 4. The van der Waals surface area contributed by atoms with Crippen LogP contribution in [0, 0.1) is 5.92 Å². The van der Waals surface area contributed by atoms with Crippen molar-refractivity contribution in [2.24, 2.45) is 17.4 Å². The molecule has 14 heteroatoms. The fraction of sp³-hybridized carbons (Fsp3) is 0.667. The zero-order valence-electron chi connectivity index (χ0n) is 17.9. The monoisotopic (exact) mass is 461 g/mol. The molecule has 0 aliphatic heterocycles. The number of aliphatic hydroxyl groups excluding tert-OH is 1. The molecule has 10 N–H and O–H groups in total. The van der Waals surface area contributed by atoms with E-state index in [0.717, 1.165) is 0 Å². The molecule has 182 valence electrons. The molecular formula is C18H31N5O9. The van der Waals surface area contributed by atoms with E-state index in [4.69, 9.17) is 26.8 Å². The molecule has 0 saturated heterocycles. The third kappa shape index (κ3) is 11.2. The quantitative estimate of drug-likeness (QED) is 0.120. The summed E-state index contributed by atoms with van der Waals surface area (Å²) >= 11 is 0. The standard InChI is InChI=1S/C18H31N5O9/c1-8(2)5-9(19)15(28)22-11(6-14(26)27)17(30)21-10(3-4-13(20)25)16(29)23-12(7-24)18(31)32/h8-12,24H,3-7,19H2,1-2H3,(H2,20,25)(H,21,30)(H,22,28)(H,23,29)(H,26,27)(H,31,32). The van der Waals surface area contributed by atoms with Gasteiger partial charge in [-0.25, -0.2) is 4.79 Å². The Morgan fingerprint density at radius 3 is 1.78 bits per heavy atom. The summed E-state index contributed by atoms with van der Waals surface area (Å²) in [5, 5.41) is 33.4. The molecule has 0 aromatic rings. The largest absolute Gasteiger partial charge is 0.481 e. The predicted molar refractivity (Wildman–Crippen MR) is 109 cm³/mol. The summed E-state index contributed by atoms with van der Waals surface area (Å²) in [7, 11) is 0. The van der Waals surface area contributed by atoms with Crippen molar-refractivity contribution < 1.29 is 44.1 Å². The molecule has 0 fully saturated rings. The van der Waals surface area contributed by atoms with E-state index >= 15 is 0 Å². The maximum atomic E-state index is 12.6. The topological polar surface area (TPSA) is 251 Å². The van der Waals surface area contributed by atoms with Crippen LogP contribution >= 0.6 is 0 Å². The molecule has 4 unspecified atom stereocenters. The van der Waals surface area contributed by atoms with Gasteiger partial charge >= 0.3 is 11.9 Å². The molecule has 0 saturated carbocycles. The van der Waals surface area contributed by atoms with Gasteiger partial charge in [0.1, 0.15) is 18.1 Å². The summed E-state index contributed by atoms with van der Waals surface area (Å²) in [6.45, 7) is 2.68. The van der Waals surface area contributed by atoms with Crippen LogP contribution in [0.2, 0.25) is 0 Å². The minimum Gasteiger partial charge on any atom is -0.481 e. The highest BCUT2D eigenvalue weighted by atomic mass is 16.4. The first-order valence-electron chi connectivity index (χ1n) is 9.78. The van der Waals surface area contributed by atoms with Gasteiger partial charge in [-0.2, -0.15) is 0 Å². The maximum Gasteiger partial charge on any atom is 0.328 e. The van der Waals surface area contributed by atoms with Crippen LogP contribution in [-0.2, 0) is 28.8 Å². The summed E-state index contributed by atoms with van der Waals surface area (Å²) < 4.78 is 0. The van der Waals surface area contributed by atoms with Crippen LogP contribution in [0.3, 0.4) is 0 Å². The van der Waals surface area contributed by atoms with Crippen LogP contribution in [0.1, 0.15) is 39.5 Å². The number of amides is 4. The lowest BCUT2D eigenvalue weighted by Gasteiger charge is -2.24. The Balaban J connectivity index is 5.49. The average Bonchev–Trinajstić information content (AvgIpc) is 2.66. The van der Waals surface area contributed by atoms with E-state index in [1.807, 2.05) is 19.2 Å². The van der Waals surface area contributed by atoms with Gasteiger partial charge in [0.2, 0.25) is 23.6 Å². The van der Waals surface area contributed by atoms with Crippen molar-refractivity contribution in [3.05, 3.63) is 0 Å². The van der Waals surface area contributed by atoms with Crippen molar-refractivity contribution in [2.75, 3.05) is 6.61 Å². The first kappa shape index (κ1) is 28.7. The predicted octanol–water partition coefficient (Wildman–Crippen LogP) is -3.37. The highest BCUT2D eigenvalue weighted by Gasteiger charge is 2.31. The number of nitrogens with two attached hydrogens (primary N) is 2. The van der Waals surface area contributed by atoms with Crippen molar-refractivity contribution in [2.45, 2.75) is 63.7 Å². The van der Waals surface area contributed by atoms with E-state index in [2.05, 4.69) is 10.6 Å². The van der Waals surface area contributed by atoms with E-state index in [9.17, 15) is 28.8 Å². The first-order chi connectivity index (χ1) is 14.8. The zero-order valence-corrected chi connectivity index (χ0v) is 17.9. The lowest BCUT2D eigenvalue weighted by molar-refractivity contribution is -0.144. The van der Waals surface area contributed by atoms with Crippen LogP contribution in [0.25, 0.3) is 0 Å². The number of nitrogens with one attached hydrogen (secondary N) is 3. The van der Waals surface area contributed by atoms with Gasteiger partial charge in [-0.15, -0.1) is 0 Å². The molecule has 32 heavy (non-hydrogen) atoms. The van der Waals surface area contributed by atoms with Crippen LogP contribution in [0.4, 0.5) is 0 Å². The highest BCUT2D eigenvalue weighted by molar-refractivity contribution is 5.95. The normalized spacial score (nSPS) is 14.5. The molecule has 0 aromatic carbocycles. The van der Waals surface area contributed by atoms with Gasteiger partial charge in [-0.3, -0.25) is 24.0 Å². The molecule has 0 aromatic heterocycles. The minimum atomic E-state index is -1.68. The van der Waals surface area contributed by atoms with Crippen LogP contribution in [-0.4, -0.2) is 81.7 Å². The number of hydrogen-bond donors (Lipinski definition) is 8. The Bertz CT molecular complexity index is 713. The van der Waals surface area contributed by atoms with E-state index in [1.165, 1.54) is 0 Å². The maximum absolute atomic E-state index is 12.6. The molecule has 0 rings (SSSR count). The van der Waals surface area contributed by atoms with Gasteiger partial charge in [0.15, 0.2) is 0 Å². The molecule has 0 radical (unpaired) electrons. The number of primary amides is 1.